The number of hydrogen-bond acceptors (Lipinski definition) is 16. The van der Waals surface area contributed by atoms with Gasteiger partial charge in [-0.05, 0) is 83.1 Å². The second-order valence-corrected chi connectivity index (χ2v) is 20.2. The zero-order valence-corrected chi connectivity index (χ0v) is 44.3. The molecule has 1 aliphatic rings. The van der Waals surface area contributed by atoms with E-state index in [0.29, 0.717) is 38.5 Å². The molecular formula is C52H81N3O16P2. The van der Waals surface area contributed by atoms with Crippen molar-refractivity contribution in [1.82, 2.24) is 9.55 Å². The van der Waals surface area contributed by atoms with Crippen LogP contribution in [-0.4, -0.2) is 96.9 Å². The van der Waals surface area contributed by atoms with Crippen molar-refractivity contribution in [3.05, 3.63) is 120 Å². The van der Waals surface area contributed by atoms with Crippen molar-refractivity contribution in [2.24, 2.45) is 0 Å². The third-order valence-corrected chi connectivity index (χ3v) is 13.4. The number of ether oxygens (including phenoxy) is 3. The molecule has 7 N–H and O–H groups in total. The zero-order chi connectivity index (χ0) is 53.6. The summed E-state index contributed by atoms with van der Waals surface area (Å²) in [4.78, 5) is 61.9. The molecule has 8 atom stereocenters. The number of allylic oxidation sites excluding steroid dienone is 15. The van der Waals surface area contributed by atoms with E-state index in [4.69, 9.17) is 29.0 Å². The quantitative estimate of drug-likeness (QED) is 0.0117. The van der Waals surface area contributed by atoms with E-state index in [1.807, 2.05) is 61.6 Å². The second kappa shape index (κ2) is 39.1. The van der Waals surface area contributed by atoms with Crippen LogP contribution in [0.1, 0.15) is 142 Å². The number of esters is 2. The van der Waals surface area contributed by atoms with Crippen molar-refractivity contribution in [3.8, 4) is 0 Å². The maximum atomic E-state index is 12.8. The summed E-state index contributed by atoms with van der Waals surface area (Å²) in [5.41, 5.74) is 4.57. The third-order valence-electron chi connectivity index (χ3n) is 10.8. The predicted octanol–water partition coefficient (Wildman–Crippen LogP) is 9.41. The first-order valence-corrected chi connectivity index (χ1v) is 28.3. The van der Waals surface area contributed by atoms with E-state index in [1.165, 1.54) is 44.6 Å². The smallest absolute Gasteiger partial charge is 0.462 e. The number of aliphatic hydroxyl groups excluding tert-OH is 3. The number of nitrogens with zero attached hydrogens (tertiary/aromatic N) is 2. The van der Waals surface area contributed by atoms with Crippen LogP contribution < -0.4 is 11.4 Å². The fourth-order valence-corrected chi connectivity index (χ4v) is 8.84. The van der Waals surface area contributed by atoms with Crippen molar-refractivity contribution in [2.45, 2.75) is 173 Å². The molecule has 0 amide bonds. The molecule has 21 heteroatoms. The molecule has 1 fully saturated rings. The largest absolute Gasteiger partial charge is 0.481 e. The highest BCUT2D eigenvalue weighted by molar-refractivity contribution is 7.61. The van der Waals surface area contributed by atoms with Gasteiger partial charge in [0.15, 0.2) is 12.3 Å². The first kappa shape index (κ1) is 64.8. The number of nitrogens with two attached hydrogens (primary N) is 1. The number of unbranched alkanes of at least 4 members (excludes halogenated alkanes) is 8. The van der Waals surface area contributed by atoms with E-state index in [1.54, 1.807) is 6.08 Å². The number of aliphatic hydroxyl groups is 3. The monoisotopic (exact) mass is 1070 g/mol. The Morgan fingerprint density at radius 1 is 0.726 bits per heavy atom. The highest BCUT2D eigenvalue weighted by Crippen LogP contribution is 2.60. The number of carbonyl (C=O) groups is 2. The Hall–Kier alpha value is -4.36. The fourth-order valence-electron chi connectivity index (χ4n) is 6.73. The van der Waals surface area contributed by atoms with Crippen LogP contribution in [0.3, 0.4) is 0 Å². The number of phosphoric acid groups is 2. The van der Waals surface area contributed by atoms with Gasteiger partial charge in [0, 0.05) is 19.0 Å². The topological polar surface area (TPSA) is 286 Å². The number of anilines is 1. The number of carbonyl (C=O) groups excluding carboxylic acids is 2. The molecule has 2 rings (SSSR count). The second-order valence-electron chi connectivity index (χ2n) is 17.1. The van der Waals surface area contributed by atoms with E-state index in [0.717, 1.165) is 42.9 Å². The van der Waals surface area contributed by atoms with Crippen LogP contribution in [-0.2, 0) is 46.3 Å². The molecule has 2 unspecified atom stereocenters. The predicted molar refractivity (Wildman–Crippen MR) is 281 cm³/mol. The fraction of sp³-hybridized carbons (Fsp3) is 0.577. The summed E-state index contributed by atoms with van der Waals surface area (Å²) in [6.07, 6.45) is 40.3. The first-order valence-electron chi connectivity index (χ1n) is 25.4. The number of aromatic nitrogens is 2. The van der Waals surface area contributed by atoms with Gasteiger partial charge in [-0.1, -0.05) is 143 Å². The van der Waals surface area contributed by atoms with Crippen LogP contribution in [0.4, 0.5) is 5.82 Å². The molecule has 1 aromatic heterocycles. The van der Waals surface area contributed by atoms with Gasteiger partial charge in [0.05, 0.1) is 19.3 Å². The zero-order valence-electron chi connectivity index (χ0n) is 42.5. The molecule has 2 heterocycles. The van der Waals surface area contributed by atoms with Crippen molar-refractivity contribution in [2.75, 3.05) is 25.6 Å². The summed E-state index contributed by atoms with van der Waals surface area (Å²) in [6, 6.07) is 1.24. The molecule has 0 radical (unpaired) electrons. The maximum Gasteiger partial charge on any atom is 0.481 e. The molecule has 1 aliphatic heterocycles. The molecule has 73 heavy (non-hydrogen) atoms. The van der Waals surface area contributed by atoms with Gasteiger partial charge in [-0.2, -0.15) is 9.29 Å². The lowest BCUT2D eigenvalue weighted by atomic mass is 10.1. The Balaban J connectivity index is 1.86. The first-order chi connectivity index (χ1) is 35.1. The van der Waals surface area contributed by atoms with E-state index >= 15 is 0 Å². The lowest BCUT2D eigenvalue weighted by molar-refractivity contribution is -0.161. The normalized spacial score (nSPS) is 20.2. The van der Waals surface area contributed by atoms with Gasteiger partial charge >= 0.3 is 33.3 Å². The average molecular weight is 1070 g/mol. The van der Waals surface area contributed by atoms with Gasteiger partial charge < -0.3 is 45.1 Å². The summed E-state index contributed by atoms with van der Waals surface area (Å²) >= 11 is 0. The van der Waals surface area contributed by atoms with Crippen LogP contribution in [0.25, 0.3) is 0 Å². The standard InChI is InChI=1S/C52H81N3O16P2/c1-3-5-6-7-8-9-10-11-12-13-14-19-22-25-28-31-34-37-48(58)69-44(40-66-47(57)36-33-30-27-24-21-18-16-15-17-20-23-26-29-32-35-43(56)4-2)41-67-72(62,63)71-73(64,65)68-42-45-49(59)50(60)51(70-45)55-39-38-46(53)54-52(55)61/h11-12,14,16-20,24-29,32,35,38-39,43-45,49-51,56,59-60H,3-10,13,15,21-23,30-31,33-34,36-37,40-42H2,1-2H3,(H,62,63)(H,64,65)(H2,53,54,61)/b12-11-,18-16-,19-14-,20-17-,27-24-,28-25-,29-26-,35-32+/t43-,44+,45+,49+,50+,51+/m0/s1. The molecule has 410 valence electrons. The minimum atomic E-state index is -5.46. The maximum absolute atomic E-state index is 12.8. The van der Waals surface area contributed by atoms with Crippen molar-refractivity contribution in [1.29, 1.82) is 0 Å². The Labute approximate surface area is 431 Å². The Bertz CT molecular complexity index is 2120. The lowest BCUT2D eigenvalue weighted by Crippen LogP contribution is -2.36. The minimum absolute atomic E-state index is 0.0187. The molecule has 0 spiro atoms. The summed E-state index contributed by atoms with van der Waals surface area (Å²) < 4.78 is 56.6. The van der Waals surface area contributed by atoms with Gasteiger partial charge in [-0.15, -0.1) is 0 Å². The van der Waals surface area contributed by atoms with E-state index < -0.39 is 89.8 Å². The van der Waals surface area contributed by atoms with Gasteiger partial charge in [-0.25, -0.2) is 13.9 Å². The number of nitrogen functional groups attached to an aromatic ring is 1. The molecule has 0 aliphatic carbocycles. The lowest BCUT2D eigenvalue weighted by Gasteiger charge is -2.21. The summed E-state index contributed by atoms with van der Waals surface area (Å²) in [5.74, 6) is -1.46. The minimum Gasteiger partial charge on any atom is -0.462 e. The van der Waals surface area contributed by atoms with Gasteiger partial charge in [0.1, 0.15) is 30.7 Å². The van der Waals surface area contributed by atoms with Gasteiger partial charge in [0.25, 0.3) is 0 Å². The highest BCUT2D eigenvalue weighted by Gasteiger charge is 2.46. The molecule has 0 bridgehead atoms. The van der Waals surface area contributed by atoms with Crippen LogP contribution in [0.15, 0.2) is 114 Å². The highest BCUT2D eigenvalue weighted by atomic mass is 31.3. The van der Waals surface area contributed by atoms with Crippen LogP contribution in [0.5, 0.6) is 0 Å². The Kier molecular flexibility index (Phi) is 34.7. The average Bonchev–Trinajstić information content (AvgIpc) is 3.63. The van der Waals surface area contributed by atoms with E-state index in [2.05, 4.69) is 52.7 Å². The van der Waals surface area contributed by atoms with Crippen LogP contribution >= 0.6 is 15.6 Å². The molecule has 1 saturated heterocycles. The summed E-state index contributed by atoms with van der Waals surface area (Å²) in [7, 11) is -10.9. The van der Waals surface area contributed by atoms with Crippen LogP contribution in [0, 0.1) is 0 Å². The van der Waals surface area contributed by atoms with Gasteiger partial charge in [-0.3, -0.25) is 23.2 Å². The van der Waals surface area contributed by atoms with Crippen LogP contribution in [0.2, 0.25) is 0 Å². The summed E-state index contributed by atoms with van der Waals surface area (Å²) in [5, 5.41) is 30.4. The van der Waals surface area contributed by atoms with Crippen molar-refractivity contribution < 1.29 is 71.4 Å². The molecule has 0 aromatic carbocycles. The van der Waals surface area contributed by atoms with E-state index in [9.17, 15) is 48.6 Å². The Morgan fingerprint density at radius 2 is 1.26 bits per heavy atom. The summed E-state index contributed by atoms with van der Waals surface area (Å²) in [6.45, 7) is 1.70. The number of rotatable bonds is 40. The van der Waals surface area contributed by atoms with Gasteiger partial charge in [0.2, 0.25) is 0 Å². The van der Waals surface area contributed by atoms with Crippen molar-refractivity contribution >= 4 is 33.4 Å². The molecular weight excluding hydrogens is 985 g/mol. The number of hydrogen-bond donors (Lipinski definition) is 6. The number of phosphoric ester groups is 2. The molecule has 1 aromatic rings. The third kappa shape index (κ3) is 31.9. The van der Waals surface area contributed by atoms with Crippen molar-refractivity contribution in [3.63, 3.8) is 0 Å². The SMILES string of the molecule is CCCCCCCC/C=C\C/C=C\C/C=C\CCCC(=O)O[C@H](COC(=O)CCC/C=C\C/C=C\C/C=C\C/C=C\C=C\[C@@H](O)CC)COP(=O)(O)OP(=O)(O)OC[C@H]1O[C@@H](n2ccc(N)nc2=O)[C@H](O)[C@@H]1O. The Morgan fingerprint density at radius 3 is 1.85 bits per heavy atom. The van der Waals surface area contributed by atoms with E-state index in [-0.39, 0.29) is 18.7 Å². The molecule has 19 nitrogen and oxygen atoms in total. The molecule has 0 saturated carbocycles.